The largest absolute Gasteiger partial charge is 0.506 e. The first kappa shape index (κ1) is 20.1. The van der Waals surface area contributed by atoms with Crippen molar-refractivity contribution < 1.29 is 19.2 Å². The van der Waals surface area contributed by atoms with E-state index in [2.05, 4.69) is 47.3 Å². The number of aromatic hydroxyl groups is 1. The molecule has 0 saturated carbocycles. The molecule has 0 aliphatic carbocycles. The van der Waals surface area contributed by atoms with Gasteiger partial charge < -0.3 is 19.7 Å². The zero-order valence-corrected chi connectivity index (χ0v) is 18.3. The summed E-state index contributed by atoms with van der Waals surface area (Å²) >= 11 is 6.49. The van der Waals surface area contributed by atoms with Crippen molar-refractivity contribution in [3.8, 4) is 28.6 Å². The lowest BCUT2D eigenvalue weighted by Gasteiger charge is -2.07. The van der Waals surface area contributed by atoms with Crippen molar-refractivity contribution in [2.24, 2.45) is 0 Å². The molecule has 0 aliphatic heterocycles. The van der Waals surface area contributed by atoms with Crippen molar-refractivity contribution in [1.29, 1.82) is 0 Å². The lowest BCUT2D eigenvalue weighted by Crippen LogP contribution is -2.12. The first-order chi connectivity index (χ1) is 14.5. The summed E-state index contributed by atoms with van der Waals surface area (Å²) in [6.45, 7) is 0. The number of para-hydroxylation sites is 1. The number of hydrogen-bond acceptors (Lipinski definition) is 6. The Morgan fingerprint density at radius 2 is 1.60 bits per heavy atom. The van der Waals surface area contributed by atoms with E-state index in [9.17, 15) is 9.90 Å². The van der Waals surface area contributed by atoms with Crippen LogP contribution in [0.4, 0.5) is 5.69 Å². The molecule has 4 rings (SSSR count). The second kappa shape index (κ2) is 8.68. The fraction of sp³-hybridized carbons (Fsp3) is 0. The summed E-state index contributed by atoms with van der Waals surface area (Å²) in [5, 5.41) is 16.3. The highest BCUT2D eigenvalue weighted by Gasteiger charge is 2.18. The Morgan fingerprint density at radius 3 is 2.27 bits per heavy atom. The molecule has 0 aliphatic rings. The number of carbonyl (C=O) groups is 1. The number of carbonyl (C=O) groups excluding carboxylic acids is 1. The molecule has 0 saturated heterocycles. The van der Waals surface area contributed by atoms with Crippen LogP contribution in [0.5, 0.6) is 17.2 Å². The van der Waals surface area contributed by atoms with E-state index < -0.39 is 5.91 Å². The average Bonchev–Trinajstić information content (AvgIpc) is 3.24. The number of phenols is 1. The Labute approximate surface area is 188 Å². The van der Waals surface area contributed by atoms with E-state index in [0.717, 1.165) is 5.75 Å². The zero-order valence-electron chi connectivity index (χ0n) is 15.2. The zero-order chi connectivity index (χ0) is 21.1. The average molecular weight is 531 g/mol. The van der Waals surface area contributed by atoms with Crippen LogP contribution in [-0.2, 0) is 0 Å². The van der Waals surface area contributed by atoms with Gasteiger partial charge in [-0.2, -0.15) is 4.98 Å². The molecular weight excluding hydrogens is 518 g/mol. The molecule has 0 spiro atoms. The highest BCUT2D eigenvalue weighted by molar-refractivity contribution is 9.11. The summed E-state index contributed by atoms with van der Waals surface area (Å²) < 4.78 is 11.7. The first-order valence-corrected chi connectivity index (χ1v) is 10.2. The van der Waals surface area contributed by atoms with Gasteiger partial charge in [-0.15, -0.1) is 0 Å². The van der Waals surface area contributed by atoms with E-state index >= 15 is 0 Å². The van der Waals surface area contributed by atoms with Crippen molar-refractivity contribution in [3.63, 3.8) is 0 Å². The van der Waals surface area contributed by atoms with Gasteiger partial charge in [0.15, 0.2) is 0 Å². The lowest BCUT2D eigenvalue weighted by molar-refractivity contribution is 0.0981. The second-order valence-corrected chi connectivity index (χ2v) is 7.81. The van der Waals surface area contributed by atoms with Gasteiger partial charge >= 0.3 is 11.8 Å². The summed E-state index contributed by atoms with van der Waals surface area (Å²) in [7, 11) is 0. The van der Waals surface area contributed by atoms with E-state index in [1.165, 1.54) is 0 Å². The Bertz CT molecular complexity index is 1170. The smallest absolute Gasteiger partial charge is 0.316 e. The molecule has 9 heteroatoms. The van der Waals surface area contributed by atoms with Gasteiger partial charge in [-0.25, -0.2) is 0 Å². The third kappa shape index (κ3) is 4.52. The maximum absolute atomic E-state index is 12.4. The van der Waals surface area contributed by atoms with Gasteiger partial charge in [-0.05, 0) is 80.4 Å². The van der Waals surface area contributed by atoms with Crippen LogP contribution in [0.1, 0.15) is 10.7 Å². The quantitative estimate of drug-likeness (QED) is 0.328. The number of amides is 1. The van der Waals surface area contributed by atoms with E-state index in [0.29, 0.717) is 25.9 Å². The summed E-state index contributed by atoms with van der Waals surface area (Å²) in [4.78, 5) is 16.5. The van der Waals surface area contributed by atoms with Gasteiger partial charge in [-0.1, -0.05) is 23.4 Å². The molecule has 0 bridgehead atoms. The summed E-state index contributed by atoms with van der Waals surface area (Å²) in [5.41, 5.74) is 1.12. The number of benzene rings is 3. The number of ether oxygens (including phenoxy) is 1. The fourth-order valence-corrected chi connectivity index (χ4v) is 3.73. The third-order valence-corrected chi connectivity index (χ3v) is 5.20. The predicted molar refractivity (Wildman–Crippen MR) is 118 cm³/mol. The fourth-order valence-electron chi connectivity index (χ4n) is 2.54. The molecule has 4 aromatic rings. The van der Waals surface area contributed by atoms with Crippen LogP contribution in [-0.4, -0.2) is 21.2 Å². The Hall–Kier alpha value is -3.17. The Balaban J connectivity index is 1.44. The summed E-state index contributed by atoms with van der Waals surface area (Å²) in [6.07, 6.45) is 0. The topological polar surface area (TPSA) is 97.5 Å². The number of phenolic OH excluding ortho intramolecular Hbond substituents is 1. The van der Waals surface area contributed by atoms with Gasteiger partial charge in [0.2, 0.25) is 5.82 Å². The summed E-state index contributed by atoms with van der Waals surface area (Å²) in [5.74, 6) is 0.910. The molecule has 0 unspecified atom stereocenters. The third-order valence-electron chi connectivity index (χ3n) is 3.99. The van der Waals surface area contributed by atoms with Crippen LogP contribution in [0.25, 0.3) is 11.4 Å². The highest BCUT2D eigenvalue weighted by Crippen LogP contribution is 2.36. The van der Waals surface area contributed by atoms with Crippen molar-refractivity contribution in [3.05, 3.63) is 81.6 Å². The minimum Gasteiger partial charge on any atom is -0.506 e. The van der Waals surface area contributed by atoms with Crippen LogP contribution in [0.3, 0.4) is 0 Å². The van der Waals surface area contributed by atoms with Crippen LogP contribution in [0.15, 0.2) is 80.2 Å². The summed E-state index contributed by atoms with van der Waals surface area (Å²) in [6, 6.07) is 19.5. The van der Waals surface area contributed by atoms with Crippen molar-refractivity contribution >= 4 is 43.5 Å². The number of anilines is 1. The number of nitrogens with one attached hydrogen (secondary N) is 1. The molecule has 7 nitrogen and oxygen atoms in total. The molecule has 0 atom stereocenters. The molecule has 1 heterocycles. The first-order valence-electron chi connectivity index (χ1n) is 8.66. The molecule has 1 aromatic heterocycles. The van der Waals surface area contributed by atoms with Gasteiger partial charge in [0.05, 0.1) is 8.95 Å². The number of aromatic nitrogens is 2. The molecule has 0 radical (unpaired) electrons. The molecule has 30 heavy (non-hydrogen) atoms. The minimum absolute atomic E-state index is 0.0555. The maximum Gasteiger partial charge on any atom is 0.316 e. The molecule has 150 valence electrons. The van der Waals surface area contributed by atoms with Gasteiger partial charge in [0.25, 0.3) is 0 Å². The van der Waals surface area contributed by atoms with Gasteiger partial charge in [-0.3, -0.25) is 4.79 Å². The monoisotopic (exact) mass is 529 g/mol. The molecule has 1 amide bonds. The van der Waals surface area contributed by atoms with Gasteiger partial charge in [0, 0.05) is 11.3 Å². The lowest BCUT2D eigenvalue weighted by atomic mass is 10.2. The molecule has 3 aromatic carbocycles. The van der Waals surface area contributed by atoms with Crippen molar-refractivity contribution in [2.75, 3.05) is 5.32 Å². The standard InChI is InChI=1S/C21H13Br2N3O4/c22-16-10-12(11-17(23)18(16)27)19-25-21(30-26-19)20(28)24-13-6-8-15(9-7-13)29-14-4-2-1-3-5-14/h1-11,27H,(H,24,28). The van der Waals surface area contributed by atoms with Crippen LogP contribution in [0, 0.1) is 0 Å². The van der Waals surface area contributed by atoms with Crippen molar-refractivity contribution in [2.45, 2.75) is 0 Å². The number of nitrogens with zero attached hydrogens (tertiary/aromatic N) is 2. The predicted octanol–water partition coefficient (Wildman–Crippen LogP) is 6.01. The number of halogens is 2. The molecule has 0 fully saturated rings. The molecule has 2 N–H and O–H groups in total. The van der Waals surface area contributed by atoms with Crippen molar-refractivity contribution in [1.82, 2.24) is 10.1 Å². The Morgan fingerprint density at radius 1 is 0.967 bits per heavy atom. The minimum atomic E-state index is -0.539. The van der Waals surface area contributed by atoms with Crippen LogP contribution >= 0.6 is 31.9 Å². The number of rotatable bonds is 5. The van der Waals surface area contributed by atoms with Crippen LogP contribution < -0.4 is 10.1 Å². The van der Waals surface area contributed by atoms with E-state index in [-0.39, 0.29) is 17.5 Å². The van der Waals surface area contributed by atoms with Crippen LogP contribution in [0.2, 0.25) is 0 Å². The number of hydrogen-bond donors (Lipinski definition) is 2. The highest BCUT2D eigenvalue weighted by atomic mass is 79.9. The van der Waals surface area contributed by atoms with E-state index in [1.807, 2.05) is 30.3 Å². The second-order valence-electron chi connectivity index (χ2n) is 6.11. The van der Waals surface area contributed by atoms with Gasteiger partial charge in [0.1, 0.15) is 17.2 Å². The Kier molecular flexibility index (Phi) is 5.82. The molecular formula is C21H13Br2N3O4. The maximum atomic E-state index is 12.4. The van der Waals surface area contributed by atoms with E-state index in [1.54, 1.807) is 36.4 Å². The normalized spacial score (nSPS) is 10.6. The van der Waals surface area contributed by atoms with E-state index in [4.69, 9.17) is 9.26 Å². The SMILES string of the molecule is O=C(Nc1ccc(Oc2ccccc2)cc1)c1nc(-c2cc(Br)c(O)c(Br)c2)no1.